The molecule has 106 valence electrons. The van der Waals surface area contributed by atoms with Gasteiger partial charge in [0.15, 0.2) is 5.82 Å². The van der Waals surface area contributed by atoms with Gasteiger partial charge in [0.05, 0.1) is 10.7 Å². The van der Waals surface area contributed by atoms with Crippen molar-refractivity contribution >= 4 is 17.3 Å². The van der Waals surface area contributed by atoms with Crippen molar-refractivity contribution < 1.29 is 8.78 Å². The number of rotatable bonds is 3. The average molecular weight is 289 g/mol. The summed E-state index contributed by atoms with van der Waals surface area (Å²) < 4.78 is 27.0. The van der Waals surface area contributed by atoms with Crippen LogP contribution in [-0.4, -0.2) is 25.2 Å². The molecule has 1 aromatic carbocycles. The predicted molar refractivity (Wildman–Crippen MR) is 74.9 cm³/mol. The van der Waals surface area contributed by atoms with Crippen molar-refractivity contribution in [3.05, 3.63) is 28.8 Å². The number of hydrogen-bond donors (Lipinski definition) is 1. The Labute approximate surface area is 117 Å². The summed E-state index contributed by atoms with van der Waals surface area (Å²) in [6.45, 7) is 5.78. The van der Waals surface area contributed by atoms with Crippen molar-refractivity contribution in [1.29, 1.82) is 0 Å². The van der Waals surface area contributed by atoms with Crippen molar-refractivity contribution in [3.63, 3.8) is 0 Å². The van der Waals surface area contributed by atoms with E-state index in [-0.39, 0.29) is 11.1 Å². The largest absolute Gasteiger partial charge is 0.365 e. The second-order valence-corrected chi connectivity index (χ2v) is 5.45. The topological polar surface area (TPSA) is 15.3 Å². The van der Waals surface area contributed by atoms with Crippen molar-refractivity contribution in [1.82, 2.24) is 5.32 Å². The van der Waals surface area contributed by atoms with Gasteiger partial charge in [-0.3, -0.25) is 0 Å². The molecular weight excluding hydrogens is 270 g/mol. The van der Waals surface area contributed by atoms with Gasteiger partial charge < -0.3 is 10.2 Å². The summed E-state index contributed by atoms with van der Waals surface area (Å²) in [6, 6.07) is 2.70. The zero-order valence-electron chi connectivity index (χ0n) is 11.2. The molecule has 0 saturated carbocycles. The van der Waals surface area contributed by atoms with E-state index in [2.05, 4.69) is 12.2 Å². The standard InChI is InChI=1S/C14H19ClF2N2/c1-3-18-11-4-5-19(9(2)6-11)14-12(15)7-10(16)8-13(14)17/h7-9,11,18H,3-6H2,1-2H3. The van der Waals surface area contributed by atoms with Crippen molar-refractivity contribution in [2.45, 2.75) is 38.8 Å². The van der Waals surface area contributed by atoms with E-state index in [0.717, 1.165) is 32.0 Å². The molecule has 19 heavy (non-hydrogen) atoms. The van der Waals surface area contributed by atoms with E-state index in [4.69, 9.17) is 11.6 Å². The van der Waals surface area contributed by atoms with Crippen LogP contribution in [0, 0.1) is 11.6 Å². The maximum atomic E-state index is 13.9. The first-order valence-corrected chi connectivity index (χ1v) is 7.05. The lowest BCUT2D eigenvalue weighted by atomic mass is 9.97. The number of halogens is 3. The van der Waals surface area contributed by atoms with Gasteiger partial charge in [0.2, 0.25) is 0 Å². The third kappa shape index (κ3) is 3.18. The molecule has 2 nitrogen and oxygen atoms in total. The molecule has 1 fully saturated rings. The van der Waals surface area contributed by atoms with Gasteiger partial charge in [-0.25, -0.2) is 8.78 Å². The van der Waals surface area contributed by atoms with Crippen LogP contribution in [0.25, 0.3) is 0 Å². The van der Waals surface area contributed by atoms with Crippen LogP contribution in [0.5, 0.6) is 0 Å². The van der Waals surface area contributed by atoms with Gasteiger partial charge in [-0.2, -0.15) is 0 Å². The van der Waals surface area contributed by atoms with Gasteiger partial charge in [-0.1, -0.05) is 18.5 Å². The molecule has 1 aliphatic rings. The minimum absolute atomic E-state index is 0.145. The van der Waals surface area contributed by atoms with E-state index in [1.807, 2.05) is 11.8 Å². The van der Waals surface area contributed by atoms with E-state index in [9.17, 15) is 8.78 Å². The van der Waals surface area contributed by atoms with Crippen LogP contribution >= 0.6 is 11.6 Å². The number of nitrogens with one attached hydrogen (secondary N) is 1. The highest BCUT2D eigenvalue weighted by Crippen LogP contribution is 2.34. The van der Waals surface area contributed by atoms with Gasteiger partial charge in [0.25, 0.3) is 0 Å². The molecule has 0 amide bonds. The summed E-state index contributed by atoms with van der Waals surface area (Å²) in [5.74, 6) is -1.22. The van der Waals surface area contributed by atoms with Gasteiger partial charge in [-0.05, 0) is 32.4 Å². The second-order valence-electron chi connectivity index (χ2n) is 5.04. The molecule has 0 aliphatic carbocycles. The molecule has 5 heteroatoms. The third-order valence-corrected chi connectivity index (χ3v) is 3.93. The highest BCUT2D eigenvalue weighted by molar-refractivity contribution is 6.33. The highest BCUT2D eigenvalue weighted by Gasteiger charge is 2.28. The SMILES string of the molecule is CCNC1CCN(c2c(F)cc(F)cc2Cl)C(C)C1. The van der Waals surface area contributed by atoms with Crippen molar-refractivity contribution in [2.24, 2.45) is 0 Å². The monoisotopic (exact) mass is 288 g/mol. The quantitative estimate of drug-likeness (QED) is 0.914. The molecule has 0 radical (unpaired) electrons. The Balaban J connectivity index is 2.19. The Bertz CT molecular complexity index is 430. The van der Waals surface area contributed by atoms with E-state index in [0.29, 0.717) is 11.7 Å². The predicted octanol–water partition coefficient (Wildman–Crippen LogP) is 3.59. The average Bonchev–Trinajstić information content (AvgIpc) is 2.31. The Morgan fingerprint density at radius 1 is 1.42 bits per heavy atom. The summed E-state index contributed by atoms with van der Waals surface area (Å²) in [4.78, 5) is 1.94. The molecule has 1 aromatic rings. The Morgan fingerprint density at radius 2 is 2.16 bits per heavy atom. The fourth-order valence-electron chi connectivity index (χ4n) is 2.79. The van der Waals surface area contributed by atoms with Crippen LogP contribution in [0.2, 0.25) is 5.02 Å². The van der Waals surface area contributed by atoms with Crippen LogP contribution < -0.4 is 10.2 Å². The number of piperidine rings is 1. The first kappa shape index (κ1) is 14.5. The summed E-state index contributed by atoms with van der Waals surface area (Å²) in [5.41, 5.74) is 0.325. The lowest BCUT2D eigenvalue weighted by molar-refractivity contribution is 0.371. The van der Waals surface area contributed by atoms with Crippen molar-refractivity contribution in [3.8, 4) is 0 Å². The fraction of sp³-hybridized carbons (Fsp3) is 0.571. The Kier molecular flexibility index (Phi) is 4.63. The molecule has 2 rings (SSSR count). The maximum absolute atomic E-state index is 13.9. The third-order valence-electron chi connectivity index (χ3n) is 3.64. The molecule has 1 heterocycles. The maximum Gasteiger partial charge on any atom is 0.150 e. The smallest absolute Gasteiger partial charge is 0.150 e. The van der Waals surface area contributed by atoms with E-state index >= 15 is 0 Å². The minimum atomic E-state index is -0.638. The van der Waals surface area contributed by atoms with Crippen LogP contribution in [0.1, 0.15) is 26.7 Å². The molecule has 0 aromatic heterocycles. The fourth-order valence-corrected chi connectivity index (χ4v) is 3.09. The summed E-state index contributed by atoms with van der Waals surface area (Å²) in [6.07, 6.45) is 1.87. The van der Waals surface area contributed by atoms with Crippen LogP contribution in [-0.2, 0) is 0 Å². The molecule has 1 aliphatic heterocycles. The molecule has 0 spiro atoms. The molecular formula is C14H19ClF2N2. The minimum Gasteiger partial charge on any atom is -0.365 e. The second kappa shape index (κ2) is 6.06. The zero-order valence-corrected chi connectivity index (χ0v) is 12.0. The number of nitrogens with zero attached hydrogens (tertiary/aromatic N) is 1. The summed E-state index contributed by atoms with van der Waals surface area (Å²) in [5, 5.41) is 3.56. The molecule has 1 N–H and O–H groups in total. The van der Waals surface area contributed by atoms with E-state index in [1.165, 1.54) is 6.07 Å². The molecule has 2 unspecified atom stereocenters. The van der Waals surface area contributed by atoms with Crippen LogP contribution in [0.15, 0.2) is 12.1 Å². The van der Waals surface area contributed by atoms with Crippen LogP contribution in [0.3, 0.4) is 0 Å². The van der Waals surface area contributed by atoms with E-state index in [1.54, 1.807) is 0 Å². The van der Waals surface area contributed by atoms with Gasteiger partial charge in [0, 0.05) is 24.7 Å². The lowest BCUT2D eigenvalue weighted by Gasteiger charge is -2.40. The normalized spacial score (nSPS) is 23.7. The first-order chi connectivity index (χ1) is 9.02. The lowest BCUT2D eigenvalue weighted by Crippen LogP contribution is -2.47. The molecule has 0 bridgehead atoms. The van der Waals surface area contributed by atoms with Gasteiger partial charge >= 0.3 is 0 Å². The Hall–Kier alpha value is -0.870. The van der Waals surface area contributed by atoms with Crippen molar-refractivity contribution in [2.75, 3.05) is 18.0 Å². The zero-order chi connectivity index (χ0) is 14.0. The number of benzene rings is 1. The Morgan fingerprint density at radius 3 is 2.74 bits per heavy atom. The summed E-state index contributed by atoms with van der Waals surface area (Å²) >= 11 is 5.99. The first-order valence-electron chi connectivity index (χ1n) is 6.67. The van der Waals surface area contributed by atoms with Gasteiger partial charge in [0.1, 0.15) is 5.82 Å². The van der Waals surface area contributed by atoms with Crippen LogP contribution in [0.4, 0.5) is 14.5 Å². The molecule has 2 atom stereocenters. The number of anilines is 1. The summed E-state index contributed by atoms with van der Waals surface area (Å²) in [7, 11) is 0. The highest BCUT2D eigenvalue weighted by atomic mass is 35.5. The van der Waals surface area contributed by atoms with E-state index < -0.39 is 11.6 Å². The number of hydrogen-bond acceptors (Lipinski definition) is 2. The van der Waals surface area contributed by atoms with Gasteiger partial charge in [-0.15, -0.1) is 0 Å². The molecule has 1 saturated heterocycles.